The van der Waals surface area contributed by atoms with Gasteiger partial charge in [-0.2, -0.15) is 0 Å². The highest BCUT2D eigenvalue weighted by Gasteiger charge is 2.33. The largest absolute Gasteiger partial charge is 0.336 e. The Balaban J connectivity index is 1.37. The van der Waals surface area contributed by atoms with Gasteiger partial charge in [0.1, 0.15) is 6.54 Å². The van der Waals surface area contributed by atoms with Crippen molar-refractivity contribution in [3.05, 3.63) is 35.4 Å². The van der Waals surface area contributed by atoms with E-state index in [9.17, 15) is 9.59 Å². The van der Waals surface area contributed by atoms with Crippen molar-refractivity contribution < 1.29 is 9.59 Å². The molecule has 2 heterocycles. The molecule has 26 heavy (non-hydrogen) atoms. The molecule has 1 aromatic carbocycles. The van der Waals surface area contributed by atoms with E-state index in [1.807, 2.05) is 17.0 Å². The summed E-state index contributed by atoms with van der Waals surface area (Å²) < 4.78 is 0. The van der Waals surface area contributed by atoms with E-state index in [4.69, 9.17) is 0 Å². The molecule has 1 aromatic rings. The molecule has 0 bridgehead atoms. The van der Waals surface area contributed by atoms with E-state index < -0.39 is 0 Å². The van der Waals surface area contributed by atoms with Crippen LogP contribution in [0.5, 0.6) is 0 Å². The van der Waals surface area contributed by atoms with Crippen LogP contribution >= 0.6 is 0 Å². The molecule has 5 heteroatoms. The van der Waals surface area contributed by atoms with Gasteiger partial charge in [0.15, 0.2) is 0 Å². The summed E-state index contributed by atoms with van der Waals surface area (Å²) in [7, 11) is 0. The summed E-state index contributed by atoms with van der Waals surface area (Å²) in [6.45, 7) is 3.68. The van der Waals surface area contributed by atoms with E-state index in [0.29, 0.717) is 30.6 Å². The number of nitrogens with zero attached hydrogens (tertiary/aromatic N) is 2. The number of nitrogens with one attached hydrogen (secondary N) is 1. The van der Waals surface area contributed by atoms with Crippen LogP contribution in [0.4, 0.5) is 0 Å². The summed E-state index contributed by atoms with van der Waals surface area (Å²) in [5.41, 5.74) is 2.00. The van der Waals surface area contributed by atoms with Gasteiger partial charge in [0.2, 0.25) is 5.91 Å². The van der Waals surface area contributed by atoms with Crippen LogP contribution in [-0.2, 0) is 4.79 Å². The van der Waals surface area contributed by atoms with Crippen LogP contribution in [-0.4, -0.2) is 60.4 Å². The fourth-order valence-electron chi connectivity index (χ4n) is 4.68. The molecule has 1 aliphatic carbocycles. The van der Waals surface area contributed by atoms with Gasteiger partial charge in [-0.3, -0.25) is 9.59 Å². The van der Waals surface area contributed by atoms with Crippen LogP contribution in [0.2, 0.25) is 0 Å². The second kappa shape index (κ2) is 7.78. The summed E-state index contributed by atoms with van der Waals surface area (Å²) in [5, 5.41) is 3.44. The van der Waals surface area contributed by atoms with Gasteiger partial charge in [-0.15, -0.1) is 0 Å². The van der Waals surface area contributed by atoms with Crippen molar-refractivity contribution in [1.82, 2.24) is 15.1 Å². The Morgan fingerprint density at radius 2 is 1.77 bits per heavy atom. The van der Waals surface area contributed by atoms with Gasteiger partial charge in [0.25, 0.3) is 5.91 Å². The molecule has 5 nitrogen and oxygen atoms in total. The first-order chi connectivity index (χ1) is 12.7. The molecule has 2 saturated heterocycles. The molecule has 1 atom stereocenters. The number of carbonyl (C=O) groups is 2. The minimum Gasteiger partial charge on any atom is -0.336 e. The molecule has 3 fully saturated rings. The lowest BCUT2D eigenvalue weighted by Gasteiger charge is -2.37. The second-order valence-corrected chi connectivity index (χ2v) is 7.92. The Kier molecular flexibility index (Phi) is 5.25. The van der Waals surface area contributed by atoms with Gasteiger partial charge in [0, 0.05) is 31.2 Å². The topological polar surface area (TPSA) is 52.7 Å². The predicted molar refractivity (Wildman–Crippen MR) is 101 cm³/mol. The second-order valence-electron chi connectivity index (χ2n) is 7.92. The minimum absolute atomic E-state index is 0.0160. The van der Waals surface area contributed by atoms with Crippen LogP contribution in [0.15, 0.2) is 24.3 Å². The Hall–Kier alpha value is -1.88. The first-order valence-electron chi connectivity index (χ1n) is 10.1. The third-order valence-electron chi connectivity index (χ3n) is 6.24. The van der Waals surface area contributed by atoms with Gasteiger partial charge < -0.3 is 15.1 Å². The van der Waals surface area contributed by atoms with Crippen LogP contribution < -0.4 is 5.32 Å². The molecular weight excluding hydrogens is 326 g/mol. The highest BCUT2D eigenvalue weighted by Crippen LogP contribution is 2.26. The van der Waals surface area contributed by atoms with Crippen molar-refractivity contribution in [3.63, 3.8) is 0 Å². The van der Waals surface area contributed by atoms with Crippen molar-refractivity contribution in [3.8, 4) is 0 Å². The Morgan fingerprint density at radius 1 is 1.00 bits per heavy atom. The van der Waals surface area contributed by atoms with Gasteiger partial charge in [-0.1, -0.05) is 25.0 Å². The van der Waals surface area contributed by atoms with E-state index >= 15 is 0 Å². The summed E-state index contributed by atoms with van der Waals surface area (Å²) >= 11 is 0. The summed E-state index contributed by atoms with van der Waals surface area (Å²) in [6, 6.07) is 8.44. The van der Waals surface area contributed by atoms with Crippen molar-refractivity contribution in [2.75, 3.05) is 32.7 Å². The molecule has 140 valence electrons. The molecule has 3 aliphatic rings. The number of piperazine rings is 1. The van der Waals surface area contributed by atoms with Gasteiger partial charge >= 0.3 is 0 Å². The maximum Gasteiger partial charge on any atom is 0.254 e. The first kappa shape index (κ1) is 17.5. The smallest absolute Gasteiger partial charge is 0.254 e. The number of amides is 2. The molecule has 0 radical (unpaired) electrons. The van der Waals surface area contributed by atoms with Gasteiger partial charge in [-0.25, -0.2) is 0 Å². The van der Waals surface area contributed by atoms with E-state index in [-0.39, 0.29) is 18.4 Å². The average Bonchev–Trinajstić information content (AvgIpc) is 3.22. The quantitative estimate of drug-likeness (QED) is 0.906. The zero-order valence-electron chi connectivity index (χ0n) is 15.5. The van der Waals surface area contributed by atoms with E-state index in [1.165, 1.54) is 31.2 Å². The normalized spacial score (nSPS) is 24.9. The van der Waals surface area contributed by atoms with Crippen LogP contribution in [0.3, 0.4) is 0 Å². The fraction of sp³-hybridized carbons (Fsp3) is 0.619. The Bertz CT molecular complexity index is 646. The maximum absolute atomic E-state index is 12.8. The Labute approximate surface area is 155 Å². The van der Waals surface area contributed by atoms with E-state index in [2.05, 4.69) is 17.4 Å². The number of rotatable bonds is 3. The maximum atomic E-state index is 12.8. The third-order valence-corrected chi connectivity index (χ3v) is 6.24. The van der Waals surface area contributed by atoms with Crippen molar-refractivity contribution >= 4 is 11.8 Å². The summed E-state index contributed by atoms with van der Waals surface area (Å²) in [6.07, 6.45) is 7.10. The van der Waals surface area contributed by atoms with Crippen molar-refractivity contribution in [1.29, 1.82) is 0 Å². The fourth-order valence-corrected chi connectivity index (χ4v) is 4.68. The minimum atomic E-state index is -0.0160. The standard InChI is InChI=1S/C21H29N3O2/c25-20-15-23(12-13-24(20)19-5-1-2-6-19)21(26)17-9-7-16(8-10-17)18-4-3-11-22-14-18/h7-10,18-19,22H,1-6,11-15H2/t18-/m0/s1. The molecule has 1 saturated carbocycles. The highest BCUT2D eigenvalue weighted by atomic mass is 16.2. The zero-order chi connectivity index (χ0) is 17.9. The zero-order valence-corrected chi connectivity index (χ0v) is 15.5. The first-order valence-corrected chi connectivity index (χ1v) is 10.1. The molecule has 2 aliphatic heterocycles. The van der Waals surface area contributed by atoms with Crippen LogP contribution in [0.1, 0.15) is 60.4 Å². The molecule has 4 rings (SSSR count). The van der Waals surface area contributed by atoms with E-state index in [0.717, 1.165) is 25.9 Å². The lowest BCUT2D eigenvalue weighted by Crippen LogP contribution is -2.54. The monoisotopic (exact) mass is 355 g/mol. The van der Waals surface area contributed by atoms with Crippen LogP contribution in [0.25, 0.3) is 0 Å². The number of carbonyl (C=O) groups excluding carboxylic acids is 2. The van der Waals surface area contributed by atoms with Gasteiger partial charge in [-0.05, 0) is 55.8 Å². The predicted octanol–water partition coefficient (Wildman–Crippen LogP) is 2.38. The number of hydrogen-bond acceptors (Lipinski definition) is 3. The average molecular weight is 355 g/mol. The molecule has 0 aromatic heterocycles. The van der Waals surface area contributed by atoms with Crippen molar-refractivity contribution in [2.45, 2.75) is 50.5 Å². The number of hydrogen-bond donors (Lipinski definition) is 1. The third kappa shape index (κ3) is 3.63. The van der Waals surface area contributed by atoms with Crippen LogP contribution in [0, 0.1) is 0 Å². The number of benzene rings is 1. The van der Waals surface area contributed by atoms with E-state index in [1.54, 1.807) is 4.90 Å². The number of piperidine rings is 1. The molecule has 2 amide bonds. The lowest BCUT2D eigenvalue weighted by atomic mass is 9.91. The molecule has 1 N–H and O–H groups in total. The van der Waals surface area contributed by atoms with Crippen molar-refractivity contribution in [2.24, 2.45) is 0 Å². The summed E-state index contributed by atoms with van der Waals surface area (Å²) in [5.74, 6) is 0.642. The highest BCUT2D eigenvalue weighted by molar-refractivity contribution is 5.97. The molecule has 0 unspecified atom stereocenters. The lowest BCUT2D eigenvalue weighted by molar-refractivity contribution is -0.137. The van der Waals surface area contributed by atoms with Gasteiger partial charge in [0.05, 0.1) is 0 Å². The molecule has 0 spiro atoms. The molecular formula is C21H29N3O2. The SMILES string of the molecule is O=C(c1ccc([C@H]2CCCNC2)cc1)N1CCN(C2CCCC2)C(=O)C1. The summed E-state index contributed by atoms with van der Waals surface area (Å²) in [4.78, 5) is 29.0. The Morgan fingerprint density at radius 3 is 2.42 bits per heavy atom.